The topological polar surface area (TPSA) is 49.3 Å². The van der Waals surface area contributed by atoms with Gasteiger partial charge in [-0.1, -0.05) is 18.2 Å². The Morgan fingerprint density at radius 2 is 2.19 bits per heavy atom. The Balaban J connectivity index is 2.21. The van der Waals surface area contributed by atoms with Gasteiger partial charge in [-0.3, -0.25) is 4.79 Å². The van der Waals surface area contributed by atoms with Gasteiger partial charge in [0, 0.05) is 6.92 Å². The molecule has 0 aromatic heterocycles. The Morgan fingerprint density at radius 1 is 1.44 bits per heavy atom. The summed E-state index contributed by atoms with van der Waals surface area (Å²) in [5.74, 6) is -0.112. The molecule has 3 heteroatoms. The van der Waals surface area contributed by atoms with E-state index in [0.29, 0.717) is 0 Å². The van der Waals surface area contributed by atoms with Gasteiger partial charge < -0.3 is 10.4 Å². The van der Waals surface area contributed by atoms with Crippen LogP contribution in [0.4, 0.5) is 0 Å². The molecule has 1 aliphatic carbocycles. The van der Waals surface area contributed by atoms with Crippen molar-refractivity contribution in [2.75, 3.05) is 6.61 Å². The van der Waals surface area contributed by atoms with Crippen molar-refractivity contribution in [2.24, 2.45) is 0 Å². The molecule has 0 aliphatic heterocycles. The molecule has 2 rings (SSSR count). The van der Waals surface area contributed by atoms with Crippen molar-refractivity contribution in [3.63, 3.8) is 0 Å². The number of carbonyl (C=O) groups is 1. The van der Waals surface area contributed by atoms with Crippen LogP contribution in [0, 0.1) is 0 Å². The molecule has 1 aromatic carbocycles. The SMILES string of the molecule is CC(=O)NC(CO)c1ccc2c(c1)CCC2. The minimum absolute atomic E-state index is 0.0572. The zero-order chi connectivity index (χ0) is 11.5. The van der Waals surface area contributed by atoms with Crippen LogP contribution in [-0.2, 0) is 17.6 Å². The fourth-order valence-corrected chi connectivity index (χ4v) is 2.29. The molecule has 1 aromatic rings. The molecule has 1 amide bonds. The van der Waals surface area contributed by atoms with Gasteiger partial charge in [-0.2, -0.15) is 0 Å². The molecule has 0 saturated carbocycles. The van der Waals surface area contributed by atoms with Crippen LogP contribution >= 0.6 is 0 Å². The van der Waals surface area contributed by atoms with Crippen molar-refractivity contribution < 1.29 is 9.90 Å². The van der Waals surface area contributed by atoms with Crippen molar-refractivity contribution in [1.29, 1.82) is 0 Å². The molecule has 1 aliphatic rings. The summed E-state index contributed by atoms with van der Waals surface area (Å²) >= 11 is 0. The van der Waals surface area contributed by atoms with Crippen molar-refractivity contribution >= 4 is 5.91 Å². The molecular weight excluding hydrogens is 202 g/mol. The first-order valence-electron chi connectivity index (χ1n) is 5.70. The first kappa shape index (κ1) is 11.1. The maximum absolute atomic E-state index is 11.0. The van der Waals surface area contributed by atoms with E-state index in [0.717, 1.165) is 18.4 Å². The monoisotopic (exact) mass is 219 g/mol. The van der Waals surface area contributed by atoms with Gasteiger partial charge >= 0.3 is 0 Å². The molecule has 1 atom stereocenters. The summed E-state index contributed by atoms with van der Waals surface area (Å²) in [6.45, 7) is 1.41. The third-order valence-electron chi connectivity index (χ3n) is 3.08. The van der Waals surface area contributed by atoms with E-state index in [4.69, 9.17) is 0 Å². The van der Waals surface area contributed by atoms with Gasteiger partial charge in [0.25, 0.3) is 0 Å². The molecule has 0 bridgehead atoms. The fraction of sp³-hybridized carbons (Fsp3) is 0.462. The van der Waals surface area contributed by atoms with Crippen LogP contribution in [0.25, 0.3) is 0 Å². The number of benzene rings is 1. The van der Waals surface area contributed by atoms with Gasteiger partial charge in [0.1, 0.15) is 0 Å². The number of amides is 1. The number of hydrogen-bond donors (Lipinski definition) is 2. The first-order valence-corrected chi connectivity index (χ1v) is 5.70. The maximum Gasteiger partial charge on any atom is 0.217 e. The lowest BCUT2D eigenvalue weighted by molar-refractivity contribution is -0.120. The highest BCUT2D eigenvalue weighted by molar-refractivity contribution is 5.73. The number of hydrogen-bond acceptors (Lipinski definition) is 2. The molecule has 0 saturated heterocycles. The summed E-state index contributed by atoms with van der Waals surface area (Å²) < 4.78 is 0. The quantitative estimate of drug-likeness (QED) is 0.806. The summed E-state index contributed by atoms with van der Waals surface area (Å²) in [5.41, 5.74) is 3.77. The van der Waals surface area contributed by atoms with Crippen molar-refractivity contribution in [3.05, 3.63) is 34.9 Å². The number of carbonyl (C=O) groups excluding carboxylic acids is 1. The largest absolute Gasteiger partial charge is 0.394 e. The molecule has 16 heavy (non-hydrogen) atoms. The Kier molecular flexibility index (Phi) is 3.25. The molecule has 3 nitrogen and oxygen atoms in total. The summed E-state index contributed by atoms with van der Waals surface area (Å²) in [6, 6.07) is 5.95. The highest BCUT2D eigenvalue weighted by Gasteiger charge is 2.15. The third-order valence-corrected chi connectivity index (χ3v) is 3.08. The summed E-state index contributed by atoms with van der Waals surface area (Å²) in [7, 11) is 0. The average Bonchev–Trinajstić information content (AvgIpc) is 2.72. The zero-order valence-electron chi connectivity index (χ0n) is 9.49. The Hall–Kier alpha value is -1.35. The number of aliphatic hydroxyl groups is 1. The van der Waals surface area contributed by atoms with Gasteiger partial charge in [-0.15, -0.1) is 0 Å². The van der Waals surface area contributed by atoms with E-state index in [1.54, 1.807) is 0 Å². The molecular formula is C13H17NO2. The number of fused-ring (bicyclic) bond motifs is 1. The lowest BCUT2D eigenvalue weighted by atomic mass is 10.0. The van der Waals surface area contributed by atoms with Crippen molar-refractivity contribution in [1.82, 2.24) is 5.32 Å². The normalized spacial score (nSPS) is 15.6. The second-order valence-electron chi connectivity index (χ2n) is 4.32. The Labute approximate surface area is 95.5 Å². The molecule has 86 valence electrons. The van der Waals surface area contributed by atoms with Gasteiger partial charge in [-0.05, 0) is 36.0 Å². The zero-order valence-corrected chi connectivity index (χ0v) is 9.49. The van der Waals surface area contributed by atoms with Crippen LogP contribution in [-0.4, -0.2) is 17.6 Å². The van der Waals surface area contributed by atoms with Crippen LogP contribution in [0.1, 0.15) is 36.1 Å². The fourth-order valence-electron chi connectivity index (χ4n) is 2.29. The molecule has 0 radical (unpaired) electrons. The van der Waals surface area contributed by atoms with Crippen LogP contribution < -0.4 is 5.32 Å². The van der Waals surface area contributed by atoms with Crippen LogP contribution in [0.2, 0.25) is 0 Å². The second-order valence-corrected chi connectivity index (χ2v) is 4.32. The van der Waals surface area contributed by atoms with E-state index < -0.39 is 0 Å². The van der Waals surface area contributed by atoms with Crippen LogP contribution in [0.3, 0.4) is 0 Å². The minimum Gasteiger partial charge on any atom is -0.394 e. The van der Waals surface area contributed by atoms with Crippen molar-refractivity contribution in [3.8, 4) is 0 Å². The van der Waals surface area contributed by atoms with E-state index in [1.807, 2.05) is 6.07 Å². The van der Waals surface area contributed by atoms with E-state index in [1.165, 1.54) is 24.5 Å². The highest BCUT2D eigenvalue weighted by Crippen LogP contribution is 2.25. The van der Waals surface area contributed by atoms with Gasteiger partial charge in [-0.25, -0.2) is 0 Å². The predicted molar refractivity (Wildman–Crippen MR) is 62.1 cm³/mol. The molecule has 1 unspecified atom stereocenters. The lowest BCUT2D eigenvalue weighted by Crippen LogP contribution is -2.28. The summed E-state index contributed by atoms with van der Waals surface area (Å²) in [6.07, 6.45) is 3.48. The average molecular weight is 219 g/mol. The van der Waals surface area contributed by atoms with E-state index in [9.17, 15) is 9.90 Å². The number of aryl methyl sites for hydroxylation is 2. The number of nitrogens with one attached hydrogen (secondary N) is 1. The van der Waals surface area contributed by atoms with E-state index in [2.05, 4.69) is 17.4 Å². The Morgan fingerprint density at radius 3 is 2.88 bits per heavy atom. The summed E-state index contributed by atoms with van der Waals surface area (Å²) in [5, 5.41) is 12.0. The number of aliphatic hydroxyl groups excluding tert-OH is 1. The molecule has 2 N–H and O–H groups in total. The third kappa shape index (κ3) is 2.25. The summed E-state index contributed by atoms with van der Waals surface area (Å²) in [4.78, 5) is 11.0. The molecule has 0 fully saturated rings. The molecule has 0 heterocycles. The van der Waals surface area contributed by atoms with E-state index in [-0.39, 0.29) is 18.6 Å². The van der Waals surface area contributed by atoms with Gasteiger partial charge in [0.2, 0.25) is 5.91 Å². The predicted octanol–water partition coefficient (Wildman–Crippen LogP) is 1.34. The van der Waals surface area contributed by atoms with Crippen LogP contribution in [0.5, 0.6) is 0 Å². The standard InChI is InChI=1S/C13H17NO2/c1-9(16)14-13(8-15)12-6-5-10-3-2-4-11(10)7-12/h5-7,13,15H,2-4,8H2,1H3,(H,14,16). The maximum atomic E-state index is 11.0. The lowest BCUT2D eigenvalue weighted by Gasteiger charge is -2.16. The minimum atomic E-state index is -0.275. The Bertz CT molecular complexity index is 401. The smallest absolute Gasteiger partial charge is 0.217 e. The van der Waals surface area contributed by atoms with Gasteiger partial charge in [0.15, 0.2) is 0 Å². The van der Waals surface area contributed by atoms with Gasteiger partial charge in [0.05, 0.1) is 12.6 Å². The first-order chi connectivity index (χ1) is 7.70. The van der Waals surface area contributed by atoms with Crippen LogP contribution in [0.15, 0.2) is 18.2 Å². The highest BCUT2D eigenvalue weighted by atomic mass is 16.3. The number of rotatable bonds is 3. The second kappa shape index (κ2) is 4.66. The van der Waals surface area contributed by atoms with Crippen molar-refractivity contribution in [2.45, 2.75) is 32.2 Å². The van der Waals surface area contributed by atoms with E-state index >= 15 is 0 Å². The molecule has 0 spiro atoms.